The Hall–Kier alpha value is -4.25. The van der Waals surface area contributed by atoms with Crippen LogP contribution in [0.15, 0.2) is 58.3 Å². The Bertz CT molecular complexity index is 1270. The second-order valence-electron chi connectivity index (χ2n) is 7.03. The number of nitro benzene ring substituents is 1. The topological polar surface area (TPSA) is 122 Å². The van der Waals surface area contributed by atoms with E-state index in [1.165, 1.54) is 12.3 Å². The monoisotopic (exact) mass is 416 g/mol. The first-order valence-electron chi connectivity index (χ1n) is 9.53. The van der Waals surface area contributed by atoms with Gasteiger partial charge in [0.15, 0.2) is 0 Å². The standard InChI is InChI=1S/C23H20N4O4/c1-15-8-9-18(12-21(15)27(30)31)25-14-20-16(2)19(13-24)22(28)26(23(20)29)11-10-17-6-4-3-5-7-17/h3-9,12,14,29H,10-11H2,1-2H3. The van der Waals surface area contributed by atoms with Gasteiger partial charge in [0.2, 0.25) is 5.88 Å². The Morgan fingerprint density at radius 3 is 2.58 bits per heavy atom. The number of aryl methyl sites for hydroxylation is 2. The lowest BCUT2D eigenvalue weighted by molar-refractivity contribution is -0.385. The van der Waals surface area contributed by atoms with Crippen molar-refractivity contribution in [3.05, 3.63) is 96.8 Å². The first-order chi connectivity index (χ1) is 14.8. The molecule has 31 heavy (non-hydrogen) atoms. The van der Waals surface area contributed by atoms with E-state index in [9.17, 15) is 25.3 Å². The van der Waals surface area contributed by atoms with Crippen LogP contribution in [0, 0.1) is 35.3 Å². The number of aliphatic imine (C=N–C) groups is 1. The van der Waals surface area contributed by atoms with Crippen molar-refractivity contribution >= 4 is 17.6 Å². The Labute approximate surface area is 178 Å². The highest BCUT2D eigenvalue weighted by Gasteiger charge is 2.18. The molecule has 3 aromatic rings. The van der Waals surface area contributed by atoms with Gasteiger partial charge in [0, 0.05) is 24.4 Å². The molecule has 1 heterocycles. The molecule has 1 N–H and O–H groups in total. The van der Waals surface area contributed by atoms with Crippen molar-refractivity contribution in [3.8, 4) is 11.9 Å². The van der Waals surface area contributed by atoms with Gasteiger partial charge >= 0.3 is 0 Å². The number of hydrogen-bond acceptors (Lipinski definition) is 6. The zero-order chi connectivity index (χ0) is 22.5. The van der Waals surface area contributed by atoms with Crippen molar-refractivity contribution in [2.24, 2.45) is 4.99 Å². The van der Waals surface area contributed by atoms with Crippen LogP contribution in [0.4, 0.5) is 11.4 Å². The fourth-order valence-electron chi connectivity index (χ4n) is 3.23. The van der Waals surface area contributed by atoms with Gasteiger partial charge in [-0.25, -0.2) is 0 Å². The van der Waals surface area contributed by atoms with Gasteiger partial charge in [-0.1, -0.05) is 36.4 Å². The van der Waals surface area contributed by atoms with Crippen LogP contribution in [0.5, 0.6) is 5.88 Å². The average molecular weight is 416 g/mol. The fraction of sp³-hybridized carbons (Fsp3) is 0.174. The van der Waals surface area contributed by atoms with E-state index in [1.54, 1.807) is 26.0 Å². The van der Waals surface area contributed by atoms with Crippen LogP contribution in [-0.4, -0.2) is 20.8 Å². The Morgan fingerprint density at radius 1 is 1.23 bits per heavy atom. The summed E-state index contributed by atoms with van der Waals surface area (Å²) in [6.45, 7) is 3.37. The third-order valence-electron chi connectivity index (χ3n) is 5.05. The predicted molar refractivity (Wildman–Crippen MR) is 117 cm³/mol. The maximum Gasteiger partial charge on any atom is 0.274 e. The van der Waals surface area contributed by atoms with Crippen LogP contribution in [0.3, 0.4) is 0 Å². The summed E-state index contributed by atoms with van der Waals surface area (Å²) in [6, 6.07) is 15.9. The summed E-state index contributed by atoms with van der Waals surface area (Å²) in [6.07, 6.45) is 1.81. The third kappa shape index (κ3) is 4.51. The van der Waals surface area contributed by atoms with E-state index >= 15 is 0 Å². The number of nitro groups is 1. The van der Waals surface area contributed by atoms with Crippen LogP contribution in [0.2, 0.25) is 0 Å². The third-order valence-corrected chi connectivity index (χ3v) is 5.05. The van der Waals surface area contributed by atoms with E-state index in [-0.39, 0.29) is 29.2 Å². The van der Waals surface area contributed by atoms with Crippen LogP contribution < -0.4 is 5.56 Å². The summed E-state index contributed by atoms with van der Waals surface area (Å²) in [7, 11) is 0. The van der Waals surface area contributed by atoms with Crippen molar-refractivity contribution in [3.63, 3.8) is 0 Å². The zero-order valence-corrected chi connectivity index (χ0v) is 17.1. The van der Waals surface area contributed by atoms with Gasteiger partial charge in [-0.3, -0.25) is 24.5 Å². The van der Waals surface area contributed by atoms with E-state index in [1.807, 2.05) is 36.4 Å². The molecule has 0 amide bonds. The SMILES string of the molecule is Cc1ccc(N=Cc2c(C)c(C#N)c(=O)n(CCc3ccccc3)c2O)cc1[N+](=O)[O-]. The Kier molecular flexibility index (Phi) is 6.26. The molecule has 1 aromatic heterocycles. The minimum atomic E-state index is -0.573. The Morgan fingerprint density at radius 2 is 1.94 bits per heavy atom. The normalized spacial score (nSPS) is 10.9. The number of aromatic nitrogens is 1. The highest BCUT2D eigenvalue weighted by atomic mass is 16.6. The Balaban J connectivity index is 2.03. The molecule has 0 saturated heterocycles. The number of benzene rings is 2. The summed E-state index contributed by atoms with van der Waals surface area (Å²) in [4.78, 5) is 27.6. The van der Waals surface area contributed by atoms with Gasteiger partial charge in [-0.2, -0.15) is 5.26 Å². The van der Waals surface area contributed by atoms with E-state index in [0.717, 1.165) is 10.1 Å². The lowest BCUT2D eigenvalue weighted by Crippen LogP contribution is -2.26. The highest BCUT2D eigenvalue weighted by Crippen LogP contribution is 2.26. The average Bonchev–Trinajstić information content (AvgIpc) is 2.75. The number of nitrogens with zero attached hydrogens (tertiary/aromatic N) is 4. The van der Waals surface area contributed by atoms with Gasteiger partial charge in [-0.15, -0.1) is 0 Å². The summed E-state index contributed by atoms with van der Waals surface area (Å²) >= 11 is 0. The molecular formula is C23H20N4O4. The molecule has 0 spiro atoms. The van der Waals surface area contributed by atoms with Gasteiger partial charge < -0.3 is 5.11 Å². The molecule has 0 atom stereocenters. The molecule has 0 aliphatic carbocycles. The van der Waals surface area contributed by atoms with Gasteiger partial charge in [0.05, 0.1) is 16.2 Å². The van der Waals surface area contributed by atoms with Gasteiger partial charge in [-0.05, 0) is 37.5 Å². The molecule has 156 valence electrons. The molecule has 0 unspecified atom stereocenters. The van der Waals surface area contributed by atoms with E-state index in [0.29, 0.717) is 23.2 Å². The van der Waals surface area contributed by atoms with E-state index in [4.69, 9.17) is 0 Å². The maximum absolute atomic E-state index is 12.7. The first kappa shape index (κ1) is 21.5. The van der Waals surface area contributed by atoms with Crippen molar-refractivity contribution in [2.75, 3.05) is 0 Å². The quantitative estimate of drug-likeness (QED) is 0.370. The fourth-order valence-corrected chi connectivity index (χ4v) is 3.23. The predicted octanol–water partition coefficient (Wildman–Crippen LogP) is 3.94. The lowest BCUT2D eigenvalue weighted by Gasteiger charge is -2.14. The van der Waals surface area contributed by atoms with E-state index in [2.05, 4.69) is 4.99 Å². The minimum Gasteiger partial charge on any atom is -0.494 e. The molecule has 8 nitrogen and oxygen atoms in total. The number of rotatable bonds is 6. The molecule has 0 aliphatic rings. The van der Waals surface area contributed by atoms with E-state index < -0.39 is 10.5 Å². The second-order valence-corrected chi connectivity index (χ2v) is 7.03. The largest absolute Gasteiger partial charge is 0.494 e. The first-order valence-corrected chi connectivity index (χ1v) is 9.53. The van der Waals surface area contributed by atoms with Crippen molar-refractivity contribution in [1.82, 2.24) is 4.57 Å². The van der Waals surface area contributed by atoms with Crippen LogP contribution in [0.25, 0.3) is 0 Å². The van der Waals surface area contributed by atoms with Crippen LogP contribution in [-0.2, 0) is 13.0 Å². The van der Waals surface area contributed by atoms with Gasteiger partial charge in [0.25, 0.3) is 11.2 Å². The van der Waals surface area contributed by atoms with Gasteiger partial charge in [0.1, 0.15) is 11.6 Å². The molecule has 0 aliphatic heterocycles. The maximum atomic E-state index is 12.7. The number of nitriles is 1. The lowest BCUT2D eigenvalue weighted by atomic mass is 10.1. The zero-order valence-electron chi connectivity index (χ0n) is 17.1. The number of pyridine rings is 1. The smallest absolute Gasteiger partial charge is 0.274 e. The molecule has 3 rings (SSSR count). The molecule has 2 aromatic carbocycles. The summed E-state index contributed by atoms with van der Waals surface area (Å²) in [5, 5.41) is 31.4. The summed E-state index contributed by atoms with van der Waals surface area (Å²) in [5.41, 5.74) is 1.59. The number of hydrogen-bond donors (Lipinski definition) is 1. The van der Waals surface area contributed by atoms with Crippen LogP contribution in [0.1, 0.15) is 27.8 Å². The molecule has 0 bridgehead atoms. The molecule has 8 heteroatoms. The molecule has 0 saturated carbocycles. The van der Waals surface area contributed by atoms with Crippen molar-refractivity contribution in [2.45, 2.75) is 26.8 Å². The molecule has 0 radical (unpaired) electrons. The second kappa shape index (κ2) is 9.05. The minimum absolute atomic E-state index is 0.0684. The molecule has 0 fully saturated rings. The highest BCUT2D eigenvalue weighted by molar-refractivity contribution is 5.87. The number of aromatic hydroxyl groups is 1. The summed E-state index contributed by atoms with van der Waals surface area (Å²) in [5.74, 6) is -0.303. The molecular weight excluding hydrogens is 396 g/mol. The van der Waals surface area contributed by atoms with Crippen molar-refractivity contribution < 1.29 is 10.0 Å². The van der Waals surface area contributed by atoms with Crippen LogP contribution >= 0.6 is 0 Å². The van der Waals surface area contributed by atoms with Crippen molar-refractivity contribution in [1.29, 1.82) is 5.26 Å². The summed E-state index contributed by atoms with van der Waals surface area (Å²) < 4.78 is 1.15.